The summed E-state index contributed by atoms with van der Waals surface area (Å²) in [5.74, 6) is -0.448. The van der Waals surface area contributed by atoms with Crippen molar-refractivity contribution in [2.45, 2.75) is 57.6 Å². The van der Waals surface area contributed by atoms with Gasteiger partial charge in [-0.15, -0.1) is 5.10 Å². The summed E-state index contributed by atoms with van der Waals surface area (Å²) in [6, 6.07) is 11.4. The second-order valence-corrected chi connectivity index (χ2v) is 16.0. The molecule has 2 aromatic carbocycles. The first-order valence-corrected chi connectivity index (χ1v) is 19.8. The van der Waals surface area contributed by atoms with E-state index in [9.17, 15) is 33.8 Å². The van der Waals surface area contributed by atoms with Crippen molar-refractivity contribution in [3.05, 3.63) is 105 Å². The fourth-order valence-corrected chi connectivity index (χ4v) is 7.30. The Hall–Kier alpha value is -5.85. The first kappa shape index (κ1) is 38.4. The summed E-state index contributed by atoms with van der Waals surface area (Å²) in [6.45, 7) is 4.20. The molecule has 0 spiro atoms. The van der Waals surface area contributed by atoms with E-state index in [1.54, 1.807) is 24.8 Å². The first-order chi connectivity index (χ1) is 26.5. The molecular weight excluding hydrogens is 762 g/mol. The van der Waals surface area contributed by atoms with Crippen LogP contribution in [0.15, 0.2) is 76.2 Å². The molecule has 2 fully saturated rings. The topological polar surface area (TPSA) is 140 Å². The van der Waals surface area contributed by atoms with Crippen LogP contribution >= 0.6 is 10.2 Å². The van der Waals surface area contributed by atoms with E-state index in [1.165, 1.54) is 10.9 Å². The number of amides is 2. The molecule has 2 amide bonds. The Morgan fingerprint density at radius 2 is 1.64 bits per heavy atom. The van der Waals surface area contributed by atoms with Gasteiger partial charge in [0.1, 0.15) is 30.1 Å². The monoisotopic (exact) mass is 799 g/mol. The number of fused-ring (bicyclic) bond motifs is 1. The predicted molar refractivity (Wildman–Crippen MR) is 201 cm³/mol. The molecule has 1 aliphatic carbocycles. The van der Waals surface area contributed by atoms with E-state index in [0.29, 0.717) is 11.4 Å². The van der Waals surface area contributed by atoms with Gasteiger partial charge < -0.3 is 24.4 Å². The van der Waals surface area contributed by atoms with E-state index < -0.39 is 33.1 Å². The Labute approximate surface area is 317 Å². The molecule has 3 aromatic heterocycles. The molecule has 13 nitrogen and oxygen atoms in total. The van der Waals surface area contributed by atoms with Gasteiger partial charge in [-0.05, 0) is 68.5 Å². The van der Waals surface area contributed by atoms with Gasteiger partial charge in [0.2, 0.25) is 11.7 Å². The number of carbonyl (C=O) groups excluding carboxylic acids is 2. The number of ether oxygens (including phenoxy) is 1. The standard InChI is InChI=1S/C37H38F5N9O4S/c1-3-29-33(48-16-18-49(19-17-48)35(53)32-34(24(2)43-23-44-32)55-22-26-8-5-4-6-9-26)36(54)51-37(46-30(47-51)20-25-10-7-11-25)50(29)21-31(52)45-27-12-14-28(15-13-27)56(38,39,40,41)42/h4-6,8-9,12-15,20,23H,3,7,10-11,16-19,21-22H2,1-2H3,(H,45,52). The van der Waals surface area contributed by atoms with Gasteiger partial charge in [0, 0.05) is 31.9 Å². The molecule has 56 heavy (non-hydrogen) atoms. The number of rotatable bonds is 11. The van der Waals surface area contributed by atoms with Crippen molar-refractivity contribution >= 4 is 45.3 Å². The summed E-state index contributed by atoms with van der Waals surface area (Å²) in [4.78, 5) is 55.9. The van der Waals surface area contributed by atoms with Crippen molar-refractivity contribution in [1.82, 2.24) is 34.0 Å². The minimum Gasteiger partial charge on any atom is -0.485 e. The third-order valence-corrected chi connectivity index (χ3v) is 10.8. The number of hydrogen-bond donors (Lipinski definition) is 1. The predicted octanol–water partition coefficient (Wildman–Crippen LogP) is 6.96. The third kappa shape index (κ3) is 8.07. The average molecular weight is 800 g/mol. The highest BCUT2D eigenvalue weighted by Crippen LogP contribution is 3.02. The zero-order valence-corrected chi connectivity index (χ0v) is 31.2. The Morgan fingerprint density at radius 1 is 0.946 bits per heavy atom. The highest BCUT2D eigenvalue weighted by Gasteiger charge is 2.65. The number of nitrogens with zero attached hydrogens (tertiary/aromatic N) is 8. The Bertz CT molecular complexity index is 2410. The van der Waals surface area contributed by atoms with Gasteiger partial charge in [-0.1, -0.05) is 62.3 Å². The van der Waals surface area contributed by atoms with Gasteiger partial charge >= 0.3 is 10.2 Å². The van der Waals surface area contributed by atoms with Crippen molar-refractivity contribution < 1.29 is 33.8 Å². The van der Waals surface area contributed by atoms with E-state index in [1.807, 2.05) is 35.2 Å². The third-order valence-electron chi connectivity index (χ3n) is 9.68. The lowest BCUT2D eigenvalue weighted by atomic mass is 9.92. The minimum absolute atomic E-state index is 0.0733. The summed E-state index contributed by atoms with van der Waals surface area (Å²) >= 11 is 0. The molecule has 0 atom stereocenters. The van der Waals surface area contributed by atoms with Gasteiger partial charge in [-0.3, -0.25) is 14.4 Å². The van der Waals surface area contributed by atoms with Crippen LogP contribution in [0, 0.1) is 6.92 Å². The zero-order valence-electron chi connectivity index (χ0n) is 30.4. The fourth-order valence-electron chi connectivity index (χ4n) is 6.65. The van der Waals surface area contributed by atoms with Crippen molar-refractivity contribution in [1.29, 1.82) is 0 Å². The van der Waals surface area contributed by atoms with Crippen LogP contribution < -0.4 is 20.5 Å². The van der Waals surface area contributed by atoms with Gasteiger partial charge in [0.05, 0.1) is 11.4 Å². The molecule has 296 valence electrons. The minimum atomic E-state index is -9.91. The lowest BCUT2D eigenvalue weighted by molar-refractivity contribution is -0.116. The van der Waals surface area contributed by atoms with E-state index in [2.05, 4.69) is 25.4 Å². The van der Waals surface area contributed by atoms with Crippen LogP contribution in [0.3, 0.4) is 0 Å². The number of halogens is 5. The number of aromatic nitrogens is 6. The molecule has 0 bridgehead atoms. The van der Waals surface area contributed by atoms with E-state index >= 15 is 0 Å². The Balaban J connectivity index is 1.15. The van der Waals surface area contributed by atoms with Gasteiger partial charge in [0.15, 0.2) is 17.3 Å². The molecule has 19 heteroatoms. The molecule has 5 aromatic rings. The molecule has 7 rings (SSSR count). The lowest BCUT2D eigenvalue weighted by Crippen LogP contribution is -2.51. The number of hydrogen-bond acceptors (Lipinski definition) is 9. The summed E-state index contributed by atoms with van der Waals surface area (Å²) in [5, 5.41) is 6.93. The lowest BCUT2D eigenvalue weighted by Gasteiger charge is -2.40. The van der Waals surface area contributed by atoms with Gasteiger partial charge in [-0.2, -0.15) is 9.50 Å². The average Bonchev–Trinajstić information content (AvgIpc) is 3.57. The van der Waals surface area contributed by atoms with Gasteiger partial charge in [-0.25, -0.2) is 9.97 Å². The first-order valence-electron chi connectivity index (χ1n) is 17.9. The molecule has 1 N–H and O–H groups in total. The van der Waals surface area contributed by atoms with Crippen molar-refractivity contribution in [3.63, 3.8) is 0 Å². The molecule has 4 heterocycles. The van der Waals surface area contributed by atoms with Crippen molar-refractivity contribution in [2.75, 3.05) is 36.4 Å². The molecular formula is C37H38F5N9O4S. The SMILES string of the molecule is CCc1c(N2CCN(C(=O)c3ncnc(C)c3OCc3ccccc3)CC2)c(=O)n2nc(C=C3CCC3)nc2n1CC(=O)Nc1ccc(S(F)(F)(F)(F)F)cc1. The number of piperazine rings is 1. The van der Waals surface area contributed by atoms with Crippen LogP contribution in [0.2, 0.25) is 0 Å². The highest BCUT2D eigenvalue weighted by atomic mass is 32.5. The summed E-state index contributed by atoms with van der Waals surface area (Å²) in [5.41, 5.74) is 2.70. The van der Waals surface area contributed by atoms with E-state index in [-0.39, 0.29) is 91.7 Å². The molecule has 0 radical (unpaired) electrons. The number of nitrogens with one attached hydrogen (secondary N) is 1. The normalized spacial score (nSPS) is 15.9. The zero-order chi connectivity index (χ0) is 39.9. The van der Waals surface area contributed by atoms with Crippen molar-refractivity contribution in [3.8, 4) is 5.75 Å². The number of allylic oxidation sites excluding steroid dienone is 1. The van der Waals surface area contributed by atoms with Crippen LogP contribution in [0.1, 0.15) is 59.5 Å². The maximum Gasteiger partial charge on any atom is 0.310 e. The molecule has 1 saturated heterocycles. The smallest absolute Gasteiger partial charge is 0.310 e. The number of carbonyl (C=O) groups is 2. The second-order valence-electron chi connectivity index (χ2n) is 13.6. The molecule has 2 aliphatic rings. The van der Waals surface area contributed by atoms with Crippen LogP contribution in [-0.2, 0) is 24.4 Å². The van der Waals surface area contributed by atoms with E-state index in [0.717, 1.165) is 47.0 Å². The second kappa shape index (κ2) is 14.0. The van der Waals surface area contributed by atoms with Crippen LogP contribution in [-0.4, -0.2) is 72.0 Å². The van der Waals surface area contributed by atoms with Crippen LogP contribution in [0.5, 0.6) is 5.75 Å². The quantitative estimate of drug-likeness (QED) is 0.141. The van der Waals surface area contributed by atoms with Gasteiger partial charge in [0.25, 0.3) is 11.5 Å². The van der Waals surface area contributed by atoms with Crippen LogP contribution in [0.25, 0.3) is 11.9 Å². The molecule has 1 aliphatic heterocycles. The Kier molecular flexibility index (Phi) is 9.62. The van der Waals surface area contributed by atoms with Crippen LogP contribution in [0.4, 0.5) is 30.8 Å². The maximum atomic E-state index is 14.2. The van der Waals surface area contributed by atoms with Crippen molar-refractivity contribution in [2.24, 2.45) is 0 Å². The molecule has 1 saturated carbocycles. The fraction of sp³-hybridized carbons (Fsp3) is 0.324. The largest absolute Gasteiger partial charge is 0.485 e. The number of benzene rings is 2. The Morgan fingerprint density at radius 3 is 2.27 bits per heavy atom. The highest BCUT2D eigenvalue weighted by molar-refractivity contribution is 8.45. The molecule has 0 unspecified atom stereocenters. The number of anilines is 2. The summed E-state index contributed by atoms with van der Waals surface area (Å²) in [6.07, 6.45) is 6.12. The number of aryl methyl sites for hydroxylation is 1. The maximum absolute atomic E-state index is 14.2. The summed E-state index contributed by atoms with van der Waals surface area (Å²) in [7, 11) is -9.91. The summed E-state index contributed by atoms with van der Waals surface area (Å²) < 4.78 is 75.0. The van der Waals surface area contributed by atoms with E-state index in [4.69, 9.17) is 4.74 Å².